The Labute approximate surface area is 120 Å². The number of carbonyl (C=O) groups excluding carboxylic acids is 1. The van der Waals surface area contributed by atoms with Crippen LogP contribution in [0.5, 0.6) is 5.75 Å². The van der Waals surface area contributed by atoms with Crippen LogP contribution in [0.25, 0.3) is 0 Å². The third-order valence-corrected chi connectivity index (χ3v) is 2.59. The lowest BCUT2D eigenvalue weighted by atomic mass is 10.2. The smallest absolute Gasteiger partial charge is 0.258 e. The van der Waals surface area contributed by atoms with Gasteiger partial charge in [-0.3, -0.25) is 4.79 Å². The van der Waals surface area contributed by atoms with Gasteiger partial charge in [-0.2, -0.15) is 4.39 Å². The van der Waals surface area contributed by atoms with Gasteiger partial charge < -0.3 is 10.1 Å². The molecule has 1 N–H and O–H groups in total. The molecule has 0 saturated carbocycles. The van der Waals surface area contributed by atoms with E-state index in [0.29, 0.717) is 11.4 Å². The highest BCUT2D eigenvalue weighted by Gasteiger charge is 2.17. The third kappa shape index (κ3) is 3.53. The molecule has 0 spiro atoms. The number of pyridine rings is 1. The van der Waals surface area contributed by atoms with Gasteiger partial charge in [0, 0.05) is 6.20 Å². The van der Waals surface area contributed by atoms with Gasteiger partial charge in [-0.15, -0.1) is 0 Å². The van der Waals surface area contributed by atoms with Crippen LogP contribution in [-0.4, -0.2) is 17.0 Å². The van der Waals surface area contributed by atoms with Gasteiger partial charge in [0.2, 0.25) is 5.95 Å². The van der Waals surface area contributed by atoms with E-state index < -0.39 is 23.2 Å². The number of nitrogens with zero attached hydrogens (tertiary/aromatic N) is 1. The maximum absolute atomic E-state index is 13.5. The van der Waals surface area contributed by atoms with Crippen molar-refractivity contribution >= 4 is 11.6 Å². The summed E-state index contributed by atoms with van der Waals surface area (Å²) in [7, 11) is 0. The summed E-state index contributed by atoms with van der Waals surface area (Å²) in [4.78, 5) is 15.2. The molecule has 6 heteroatoms. The summed E-state index contributed by atoms with van der Waals surface area (Å²) in [5.74, 6) is -2.91. The fourth-order valence-corrected chi connectivity index (χ4v) is 1.71. The van der Waals surface area contributed by atoms with Crippen molar-refractivity contribution in [3.8, 4) is 5.75 Å². The van der Waals surface area contributed by atoms with Gasteiger partial charge >= 0.3 is 0 Å². The largest absolute Gasteiger partial charge is 0.489 e. The minimum absolute atomic E-state index is 0.0850. The first-order valence-electron chi connectivity index (χ1n) is 6.36. The molecule has 2 aromatic rings. The Balaban J connectivity index is 2.26. The van der Waals surface area contributed by atoms with E-state index in [-0.39, 0.29) is 6.10 Å². The minimum Gasteiger partial charge on any atom is -0.489 e. The molecule has 0 bridgehead atoms. The van der Waals surface area contributed by atoms with E-state index in [1.54, 1.807) is 24.3 Å². The highest BCUT2D eigenvalue weighted by atomic mass is 19.2. The minimum atomic E-state index is -1.31. The summed E-state index contributed by atoms with van der Waals surface area (Å²) in [5, 5.41) is 2.50. The fourth-order valence-electron chi connectivity index (χ4n) is 1.71. The third-order valence-electron chi connectivity index (χ3n) is 2.59. The standard InChI is InChI=1S/C15H14F2N2O2/c1-9(2)21-12-6-4-3-5-11(12)19-15(20)10-7-8-18-14(17)13(10)16/h3-9H,1-2H3,(H,19,20). The predicted octanol–water partition coefficient (Wildman–Crippen LogP) is 3.40. The second-order valence-corrected chi connectivity index (χ2v) is 4.58. The van der Waals surface area contributed by atoms with Gasteiger partial charge in [0.15, 0.2) is 5.82 Å². The SMILES string of the molecule is CC(C)Oc1ccccc1NC(=O)c1ccnc(F)c1F. The molecule has 2 rings (SSSR count). The number of halogens is 2. The van der Waals surface area contributed by atoms with Gasteiger partial charge in [0.05, 0.1) is 17.4 Å². The molecule has 0 saturated heterocycles. The molecule has 4 nitrogen and oxygen atoms in total. The number of rotatable bonds is 4. The second-order valence-electron chi connectivity index (χ2n) is 4.58. The molecule has 1 heterocycles. The van der Waals surface area contributed by atoms with E-state index >= 15 is 0 Å². The lowest BCUT2D eigenvalue weighted by molar-refractivity contribution is 0.102. The molecule has 0 aliphatic rings. The lowest BCUT2D eigenvalue weighted by Crippen LogP contribution is -2.16. The van der Waals surface area contributed by atoms with E-state index in [1.165, 1.54) is 0 Å². The molecule has 1 aromatic carbocycles. The Bertz CT molecular complexity index is 660. The Morgan fingerprint density at radius 3 is 2.67 bits per heavy atom. The highest BCUT2D eigenvalue weighted by molar-refractivity contribution is 6.05. The van der Waals surface area contributed by atoms with E-state index in [4.69, 9.17) is 4.74 Å². The van der Waals surface area contributed by atoms with E-state index in [9.17, 15) is 13.6 Å². The van der Waals surface area contributed by atoms with Crippen LogP contribution in [0.15, 0.2) is 36.5 Å². The van der Waals surface area contributed by atoms with Gasteiger partial charge in [-0.25, -0.2) is 9.37 Å². The van der Waals surface area contributed by atoms with Crippen molar-refractivity contribution in [1.29, 1.82) is 0 Å². The first-order valence-corrected chi connectivity index (χ1v) is 6.36. The molecule has 0 atom stereocenters. The molecule has 21 heavy (non-hydrogen) atoms. The Morgan fingerprint density at radius 2 is 1.95 bits per heavy atom. The lowest BCUT2D eigenvalue weighted by Gasteiger charge is -2.14. The number of benzene rings is 1. The molecular weight excluding hydrogens is 278 g/mol. The first-order chi connectivity index (χ1) is 9.99. The zero-order valence-corrected chi connectivity index (χ0v) is 11.6. The van der Waals surface area contributed by atoms with Gasteiger partial charge in [0.1, 0.15) is 5.75 Å². The quantitative estimate of drug-likeness (QED) is 0.879. The van der Waals surface area contributed by atoms with Crippen LogP contribution >= 0.6 is 0 Å². The monoisotopic (exact) mass is 292 g/mol. The van der Waals surface area contributed by atoms with Crippen LogP contribution < -0.4 is 10.1 Å². The van der Waals surface area contributed by atoms with Gasteiger partial charge in [-0.05, 0) is 32.0 Å². The van der Waals surface area contributed by atoms with E-state index in [2.05, 4.69) is 10.3 Å². The Kier molecular flexibility index (Phi) is 4.47. The summed E-state index contributed by atoms with van der Waals surface area (Å²) in [5.41, 5.74) is -0.0327. The maximum atomic E-state index is 13.5. The number of aromatic nitrogens is 1. The number of hydrogen-bond donors (Lipinski definition) is 1. The summed E-state index contributed by atoms with van der Waals surface area (Å²) in [6.07, 6.45) is 0.947. The van der Waals surface area contributed by atoms with Crippen molar-refractivity contribution in [3.63, 3.8) is 0 Å². The normalized spacial score (nSPS) is 10.5. The number of anilines is 1. The summed E-state index contributed by atoms with van der Waals surface area (Å²) in [6.45, 7) is 3.69. The number of para-hydroxylation sites is 2. The summed E-state index contributed by atoms with van der Waals surface area (Å²) < 4.78 is 32.1. The van der Waals surface area contributed by atoms with Crippen molar-refractivity contribution in [2.75, 3.05) is 5.32 Å². The van der Waals surface area contributed by atoms with Crippen molar-refractivity contribution in [1.82, 2.24) is 4.98 Å². The molecule has 0 unspecified atom stereocenters. The number of amides is 1. The molecule has 110 valence electrons. The van der Waals surface area contributed by atoms with Crippen LogP contribution in [0.3, 0.4) is 0 Å². The molecular formula is C15H14F2N2O2. The fraction of sp³-hybridized carbons (Fsp3) is 0.200. The number of nitrogens with one attached hydrogen (secondary N) is 1. The molecule has 1 amide bonds. The zero-order chi connectivity index (χ0) is 15.4. The first kappa shape index (κ1) is 14.9. The summed E-state index contributed by atoms with van der Waals surface area (Å²) in [6, 6.07) is 7.86. The van der Waals surface area contributed by atoms with E-state index in [0.717, 1.165) is 12.3 Å². The number of ether oxygens (including phenoxy) is 1. The topological polar surface area (TPSA) is 51.2 Å². The average Bonchev–Trinajstić information content (AvgIpc) is 2.43. The Morgan fingerprint density at radius 1 is 1.24 bits per heavy atom. The van der Waals surface area contributed by atoms with Crippen molar-refractivity contribution < 1.29 is 18.3 Å². The van der Waals surface area contributed by atoms with Crippen LogP contribution in [0.1, 0.15) is 24.2 Å². The zero-order valence-electron chi connectivity index (χ0n) is 11.6. The highest BCUT2D eigenvalue weighted by Crippen LogP contribution is 2.25. The average molecular weight is 292 g/mol. The predicted molar refractivity (Wildman–Crippen MR) is 74.3 cm³/mol. The van der Waals surface area contributed by atoms with Crippen LogP contribution in [0.4, 0.5) is 14.5 Å². The van der Waals surface area contributed by atoms with Crippen LogP contribution in [0, 0.1) is 11.8 Å². The Hall–Kier alpha value is -2.50. The molecule has 0 fully saturated rings. The number of carbonyl (C=O) groups is 1. The van der Waals surface area contributed by atoms with E-state index in [1.807, 2.05) is 13.8 Å². The van der Waals surface area contributed by atoms with Gasteiger partial charge in [-0.1, -0.05) is 12.1 Å². The second kappa shape index (κ2) is 6.30. The molecule has 0 aliphatic carbocycles. The van der Waals surface area contributed by atoms with Crippen molar-refractivity contribution in [3.05, 3.63) is 53.9 Å². The molecule has 1 aromatic heterocycles. The summed E-state index contributed by atoms with van der Waals surface area (Å²) >= 11 is 0. The number of hydrogen-bond acceptors (Lipinski definition) is 3. The maximum Gasteiger partial charge on any atom is 0.258 e. The van der Waals surface area contributed by atoms with Gasteiger partial charge in [0.25, 0.3) is 5.91 Å². The van der Waals surface area contributed by atoms with Crippen LogP contribution in [-0.2, 0) is 0 Å². The molecule has 0 radical (unpaired) electrons. The van der Waals surface area contributed by atoms with Crippen molar-refractivity contribution in [2.24, 2.45) is 0 Å². The van der Waals surface area contributed by atoms with Crippen molar-refractivity contribution in [2.45, 2.75) is 20.0 Å². The van der Waals surface area contributed by atoms with Crippen LogP contribution in [0.2, 0.25) is 0 Å². The molecule has 0 aliphatic heterocycles.